The Kier molecular flexibility index (Phi) is 5.10. The molecule has 0 heterocycles. The van der Waals surface area contributed by atoms with E-state index in [0.29, 0.717) is 13.2 Å². The number of sulfonamides is 1. The number of hydrogen-bond acceptors (Lipinski definition) is 3. The third kappa shape index (κ3) is 3.96. The molecule has 1 rings (SSSR count). The van der Waals surface area contributed by atoms with Gasteiger partial charge < -0.3 is 4.74 Å². The van der Waals surface area contributed by atoms with Gasteiger partial charge in [-0.1, -0.05) is 13.8 Å². The average Bonchev–Trinajstić information content (AvgIpc) is 2.29. The molecule has 0 atom stereocenters. The lowest BCUT2D eigenvalue weighted by Gasteiger charge is -2.10. The summed E-state index contributed by atoms with van der Waals surface area (Å²) in [6, 6.07) is 3.62. The molecule has 4 nitrogen and oxygen atoms in total. The van der Waals surface area contributed by atoms with Crippen molar-refractivity contribution in [2.24, 2.45) is 5.92 Å². The fourth-order valence-corrected chi connectivity index (χ4v) is 2.51. The first kappa shape index (κ1) is 14.9. The number of ether oxygens (including phenoxy) is 1. The van der Waals surface area contributed by atoms with Crippen LogP contribution in [-0.2, 0) is 10.0 Å². The van der Waals surface area contributed by atoms with Crippen LogP contribution in [0.5, 0.6) is 5.75 Å². The van der Waals surface area contributed by atoms with Crippen LogP contribution in [-0.4, -0.2) is 21.6 Å². The van der Waals surface area contributed by atoms with E-state index in [9.17, 15) is 12.8 Å². The number of benzene rings is 1. The second-order valence-corrected chi connectivity index (χ2v) is 6.04. The van der Waals surface area contributed by atoms with Crippen LogP contribution in [0.3, 0.4) is 0 Å². The summed E-state index contributed by atoms with van der Waals surface area (Å²) in [5.41, 5.74) is 0. The van der Waals surface area contributed by atoms with Crippen LogP contribution in [0, 0.1) is 11.7 Å². The summed E-state index contributed by atoms with van der Waals surface area (Å²) >= 11 is 0. The zero-order chi connectivity index (χ0) is 13.8. The predicted molar refractivity (Wildman–Crippen MR) is 67.6 cm³/mol. The molecule has 0 fully saturated rings. The average molecular weight is 275 g/mol. The van der Waals surface area contributed by atoms with E-state index in [2.05, 4.69) is 4.72 Å². The van der Waals surface area contributed by atoms with Crippen molar-refractivity contribution in [1.82, 2.24) is 4.72 Å². The van der Waals surface area contributed by atoms with Crippen molar-refractivity contribution in [3.8, 4) is 5.75 Å². The molecule has 0 aromatic heterocycles. The maximum absolute atomic E-state index is 13.5. The van der Waals surface area contributed by atoms with Crippen LogP contribution in [0.1, 0.15) is 20.8 Å². The summed E-state index contributed by atoms with van der Waals surface area (Å²) in [5.74, 6) is -0.433. The van der Waals surface area contributed by atoms with Crippen LogP contribution in [0.15, 0.2) is 23.1 Å². The Hall–Kier alpha value is -1.14. The largest absolute Gasteiger partial charge is 0.491 e. The molecule has 1 N–H and O–H groups in total. The summed E-state index contributed by atoms with van der Waals surface area (Å²) in [6.45, 7) is 6.16. The van der Waals surface area contributed by atoms with E-state index in [-0.39, 0.29) is 16.6 Å². The van der Waals surface area contributed by atoms with E-state index in [4.69, 9.17) is 4.74 Å². The minimum absolute atomic E-state index is 0.0558. The van der Waals surface area contributed by atoms with E-state index >= 15 is 0 Å². The van der Waals surface area contributed by atoms with Gasteiger partial charge in [0.1, 0.15) is 0 Å². The minimum atomic E-state index is -3.66. The topological polar surface area (TPSA) is 55.4 Å². The molecular weight excluding hydrogens is 257 g/mol. The van der Waals surface area contributed by atoms with Crippen LogP contribution >= 0.6 is 0 Å². The lowest BCUT2D eigenvalue weighted by Crippen LogP contribution is -2.27. The predicted octanol–water partition coefficient (Wildman–Crippen LogP) is 2.16. The quantitative estimate of drug-likeness (QED) is 0.865. The Bertz CT molecular complexity index is 500. The van der Waals surface area contributed by atoms with Crippen molar-refractivity contribution in [3.63, 3.8) is 0 Å². The molecule has 0 saturated heterocycles. The van der Waals surface area contributed by atoms with Gasteiger partial charge in [0, 0.05) is 6.54 Å². The van der Waals surface area contributed by atoms with E-state index in [0.717, 1.165) is 6.07 Å². The molecule has 0 saturated carbocycles. The fourth-order valence-electron chi connectivity index (χ4n) is 1.28. The van der Waals surface area contributed by atoms with Crippen LogP contribution in [0.2, 0.25) is 0 Å². The maximum atomic E-state index is 13.5. The first-order valence-electron chi connectivity index (χ1n) is 5.79. The molecule has 1 aromatic rings. The third-order valence-electron chi connectivity index (χ3n) is 2.20. The lowest BCUT2D eigenvalue weighted by atomic mass is 10.2. The van der Waals surface area contributed by atoms with Crippen LogP contribution in [0.25, 0.3) is 0 Å². The second kappa shape index (κ2) is 6.15. The monoisotopic (exact) mass is 275 g/mol. The Morgan fingerprint density at radius 1 is 1.39 bits per heavy atom. The molecule has 0 radical (unpaired) electrons. The molecule has 6 heteroatoms. The van der Waals surface area contributed by atoms with Crippen molar-refractivity contribution in [2.45, 2.75) is 25.7 Å². The fraction of sp³-hybridized carbons (Fsp3) is 0.500. The molecule has 0 spiro atoms. The molecule has 18 heavy (non-hydrogen) atoms. The van der Waals surface area contributed by atoms with Gasteiger partial charge in [-0.15, -0.1) is 0 Å². The summed E-state index contributed by atoms with van der Waals surface area (Å²) < 4.78 is 44.7. The molecule has 0 aliphatic rings. The van der Waals surface area contributed by atoms with Gasteiger partial charge in [-0.25, -0.2) is 17.5 Å². The zero-order valence-corrected chi connectivity index (χ0v) is 11.6. The molecular formula is C12H18FNO3S. The summed E-state index contributed by atoms with van der Waals surface area (Å²) in [7, 11) is -3.66. The SMILES string of the molecule is CCOc1ccc(S(=O)(=O)NCC(C)C)cc1F. The van der Waals surface area contributed by atoms with Crippen molar-refractivity contribution >= 4 is 10.0 Å². The maximum Gasteiger partial charge on any atom is 0.240 e. The Morgan fingerprint density at radius 3 is 2.56 bits per heavy atom. The smallest absolute Gasteiger partial charge is 0.240 e. The highest BCUT2D eigenvalue weighted by Crippen LogP contribution is 2.20. The van der Waals surface area contributed by atoms with Crippen molar-refractivity contribution in [3.05, 3.63) is 24.0 Å². The number of nitrogens with one attached hydrogen (secondary N) is 1. The van der Waals surface area contributed by atoms with E-state index < -0.39 is 15.8 Å². The first-order chi connectivity index (χ1) is 8.36. The molecule has 0 bridgehead atoms. The van der Waals surface area contributed by atoms with Crippen LogP contribution in [0.4, 0.5) is 4.39 Å². The van der Waals surface area contributed by atoms with E-state index in [1.54, 1.807) is 6.92 Å². The lowest BCUT2D eigenvalue weighted by molar-refractivity contribution is 0.321. The van der Waals surface area contributed by atoms with Crippen LogP contribution < -0.4 is 9.46 Å². The molecule has 0 aliphatic carbocycles. The molecule has 102 valence electrons. The molecule has 0 aliphatic heterocycles. The summed E-state index contributed by atoms with van der Waals surface area (Å²) in [4.78, 5) is -0.0934. The van der Waals surface area contributed by atoms with Gasteiger partial charge in [0.05, 0.1) is 11.5 Å². The number of halogens is 1. The second-order valence-electron chi connectivity index (χ2n) is 4.27. The van der Waals surface area contributed by atoms with Gasteiger partial charge in [-0.2, -0.15) is 0 Å². The number of rotatable bonds is 6. The van der Waals surface area contributed by atoms with E-state index in [1.165, 1.54) is 12.1 Å². The van der Waals surface area contributed by atoms with Crippen molar-refractivity contribution < 1.29 is 17.5 Å². The number of hydrogen-bond donors (Lipinski definition) is 1. The van der Waals surface area contributed by atoms with Crippen molar-refractivity contribution in [2.75, 3.05) is 13.2 Å². The standard InChI is InChI=1S/C12H18FNO3S/c1-4-17-12-6-5-10(7-11(12)13)18(15,16)14-8-9(2)3/h5-7,9,14H,4,8H2,1-3H3. The molecule has 0 unspecified atom stereocenters. The molecule has 0 amide bonds. The van der Waals surface area contributed by atoms with Crippen molar-refractivity contribution in [1.29, 1.82) is 0 Å². The summed E-state index contributed by atoms with van der Waals surface area (Å²) in [6.07, 6.45) is 0. The highest BCUT2D eigenvalue weighted by molar-refractivity contribution is 7.89. The van der Waals surface area contributed by atoms with Gasteiger partial charge >= 0.3 is 0 Å². The van der Waals surface area contributed by atoms with Gasteiger partial charge in [-0.05, 0) is 31.0 Å². The minimum Gasteiger partial charge on any atom is -0.491 e. The zero-order valence-electron chi connectivity index (χ0n) is 10.7. The third-order valence-corrected chi connectivity index (χ3v) is 3.62. The van der Waals surface area contributed by atoms with E-state index in [1.807, 2.05) is 13.8 Å². The van der Waals surface area contributed by atoms with Gasteiger partial charge in [0.2, 0.25) is 10.0 Å². The summed E-state index contributed by atoms with van der Waals surface area (Å²) in [5, 5.41) is 0. The first-order valence-corrected chi connectivity index (χ1v) is 7.27. The highest BCUT2D eigenvalue weighted by atomic mass is 32.2. The Balaban J connectivity index is 2.93. The molecule has 1 aromatic carbocycles. The normalized spacial score (nSPS) is 11.8. The van der Waals surface area contributed by atoms with Gasteiger partial charge in [0.15, 0.2) is 11.6 Å². The van der Waals surface area contributed by atoms with Gasteiger partial charge in [0.25, 0.3) is 0 Å². The Labute approximate surface area is 107 Å². The Morgan fingerprint density at radius 2 is 2.06 bits per heavy atom. The highest BCUT2D eigenvalue weighted by Gasteiger charge is 2.16. The van der Waals surface area contributed by atoms with Gasteiger partial charge in [-0.3, -0.25) is 0 Å².